The van der Waals surface area contributed by atoms with Crippen molar-refractivity contribution in [3.8, 4) is 0 Å². The van der Waals surface area contributed by atoms with Gasteiger partial charge in [-0.2, -0.15) is 0 Å². The first-order chi connectivity index (χ1) is 6.81. The summed E-state index contributed by atoms with van der Waals surface area (Å²) in [6.07, 6.45) is -0.532. The van der Waals surface area contributed by atoms with Crippen molar-refractivity contribution < 1.29 is 19.8 Å². The van der Waals surface area contributed by atoms with Gasteiger partial charge in [0.15, 0.2) is 0 Å². The topological polar surface area (TPSA) is 130 Å². The van der Waals surface area contributed by atoms with Gasteiger partial charge >= 0.3 is 11.9 Å². The third-order valence-corrected chi connectivity index (χ3v) is 1.29. The van der Waals surface area contributed by atoms with Crippen LogP contribution in [-0.4, -0.2) is 60.3 Å². The van der Waals surface area contributed by atoms with E-state index < -0.39 is 24.4 Å². The molecule has 0 heterocycles. The van der Waals surface area contributed by atoms with E-state index >= 15 is 0 Å². The van der Waals surface area contributed by atoms with E-state index in [-0.39, 0.29) is 0 Å². The molecule has 0 saturated carbocycles. The first-order valence-corrected chi connectivity index (χ1v) is 4.36. The predicted molar refractivity (Wildman–Crippen MR) is 55.5 cm³/mol. The maximum absolute atomic E-state index is 9.85. The minimum absolute atomic E-state index is 0.532. The lowest BCUT2D eigenvalue weighted by molar-refractivity contribution is -0.144. The number of hydrogen-bond donors (Lipinski definition) is 4. The van der Waals surface area contributed by atoms with Gasteiger partial charge < -0.3 is 26.6 Å². The van der Waals surface area contributed by atoms with Crippen molar-refractivity contribution in [1.29, 1.82) is 0 Å². The van der Waals surface area contributed by atoms with Gasteiger partial charge in [0.1, 0.15) is 6.04 Å². The van der Waals surface area contributed by atoms with Gasteiger partial charge in [-0.05, 0) is 14.1 Å². The zero-order chi connectivity index (χ0) is 12.4. The van der Waals surface area contributed by atoms with Crippen molar-refractivity contribution in [2.24, 2.45) is 11.5 Å². The average molecular weight is 221 g/mol. The lowest BCUT2D eigenvalue weighted by Crippen LogP contribution is -2.32. The molecule has 7 nitrogen and oxygen atoms in total. The number of likely N-dealkylation sites (N-methyl/N-ethyl adjacent to an activating group) is 1. The van der Waals surface area contributed by atoms with Gasteiger partial charge in [-0.15, -0.1) is 0 Å². The molecule has 0 aromatic heterocycles. The minimum Gasteiger partial charge on any atom is -0.481 e. The molecule has 1 atom stereocenters. The lowest BCUT2D eigenvalue weighted by Gasteiger charge is -2.03. The van der Waals surface area contributed by atoms with Crippen LogP contribution in [0.2, 0.25) is 0 Å². The van der Waals surface area contributed by atoms with Crippen molar-refractivity contribution in [2.45, 2.75) is 12.5 Å². The van der Waals surface area contributed by atoms with Crippen molar-refractivity contribution in [3.63, 3.8) is 0 Å². The lowest BCUT2D eigenvalue weighted by atomic mass is 10.2. The number of carbonyl (C=O) groups is 2. The molecule has 1 unspecified atom stereocenters. The number of aliphatic carboxylic acids is 2. The molecule has 15 heavy (non-hydrogen) atoms. The van der Waals surface area contributed by atoms with E-state index in [1.54, 1.807) is 0 Å². The molecule has 0 rings (SSSR count). The molecule has 0 aliphatic carbocycles. The van der Waals surface area contributed by atoms with Crippen LogP contribution in [0.4, 0.5) is 0 Å². The summed E-state index contributed by atoms with van der Waals surface area (Å²) in [7, 11) is 4.01. The fraction of sp³-hybridized carbons (Fsp3) is 0.750. The SMILES string of the molecule is CN(C)CCN.NC(CC(=O)O)C(=O)O. The van der Waals surface area contributed by atoms with Crippen LogP contribution in [0, 0.1) is 0 Å². The molecule has 0 aliphatic rings. The van der Waals surface area contributed by atoms with E-state index in [9.17, 15) is 9.59 Å². The maximum Gasteiger partial charge on any atom is 0.321 e. The Bertz CT molecular complexity index is 196. The summed E-state index contributed by atoms with van der Waals surface area (Å²) in [5.74, 6) is -2.50. The van der Waals surface area contributed by atoms with E-state index in [1.807, 2.05) is 14.1 Å². The smallest absolute Gasteiger partial charge is 0.321 e. The van der Waals surface area contributed by atoms with Gasteiger partial charge in [-0.3, -0.25) is 9.59 Å². The van der Waals surface area contributed by atoms with Crippen LogP contribution >= 0.6 is 0 Å². The summed E-state index contributed by atoms with van der Waals surface area (Å²) < 4.78 is 0. The van der Waals surface area contributed by atoms with Crippen molar-refractivity contribution in [1.82, 2.24) is 4.90 Å². The molecule has 0 aliphatic heterocycles. The van der Waals surface area contributed by atoms with E-state index in [1.165, 1.54) is 0 Å². The number of nitrogens with zero attached hydrogens (tertiary/aromatic N) is 1. The molecule has 0 fully saturated rings. The Hall–Kier alpha value is -1.18. The van der Waals surface area contributed by atoms with Crippen LogP contribution in [0.5, 0.6) is 0 Å². The third kappa shape index (κ3) is 15.6. The normalized spacial score (nSPS) is 11.5. The van der Waals surface area contributed by atoms with Gasteiger partial charge in [0.2, 0.25) is 0 Å². The highest BCUT2D eigenvalue weighted by atomic mass is 16.4. The molecular weight excluding hydrogens is 202 g/mol. The fourth-order valence-corrected chi connectivity index (χ4v) is 0.534. The van der Waals surface area contributed by atoms with Crippen LogP contribution in [0.25, 0.3) is 0 Å². The summed E-state index contributed by atoms with van der Waals surface area (Å²) in [5, 5.41) is 16.0. The van der Waals surface area contributed by atoms with Gasteiger partial charge in [0.25, 0.3) is 0 Å². The Morgan fingerprint density at radius 2 is 1.80 bits per heavy atom. The molecule has 7 heteroatoms. The second-order valence-electron chi connectivity index (χ2n) is 3.13. The van der Waals surface area contributed by atoms with Gasteiger partial charge in [0, 0.05) is 13.1 Å². The molecule has 0 aromatic carbocycles. The van der Waals surface area contributed by atoms with Crippen LogP contribution in [-0.2, 0) is 9.59 Å². The Morgan fingerprint density at radius 1 is 1.33 bits per heavy atom. The standard InChI is InChI=1S/C4H12N2.C4H7NO4/c1-6(2)4-3-5;5-2(4(8)9)1-3(6)7/h3-5H2,1-2H3;2H,1,5H2,(H,6,7)(H,8,9). The zero-order valence-corrected chi connectivity index (χ0v) is 9.01. The van der Waals surface area contributed by atoms with Crippen LogP contribution < -0.4 is 11.5 Å². The van der Waals surface area contributed by atoms with Crippen LogP contribution in [0.1, 0.15) is 6.42 Å². The second-order valence-corrected chi connectivity index (χ2v) is 3.13. The summed E-state index contributed by atoms with van der Waals surface area (Å²) in [6.45, 7) is 1.74. The summed E-state index contributed by atoms with van der Waals surface area (Å²) in [5.41, 5.74) is 10.0. The van der Waals surface area contributed by atoms with Crippen molar-refractivity contribution in [2.75, 3.05) is 27.2 Å². The predicted octanol–water partition coefficient (Wildman–Crippen LogP) is -1.62. The van der Waals surface area contributed by atoms with E-state index in [4.69, 9.17) is 21.7 Å². The number of rotatable bonds is 5. The fourth-order valence-electron chi connectivity index (χ4n) is 0.534. The summed E-state index contributed by atoms with van der Waals surface area (Å²) in [4.78, 5) is 21.7. The van der Waals surface area contributed by atoms with Gasteiger partial charge in [0.05, 0.1) is 6.42 Å². The van der Waals surface area contributed by atoms with Crippen LogP contribution in [0.3, 0.4) is 0 Å². The largest absolute Gasteiger partial charge is 0.481 e. The first-order valence-electron chi connectivity index (χ1n) is 4.36. The Kier molecular flexibility index (Phi) is 10.2. The number of carboxylic acids is 2. The molecule has 0 aromatic rings. The molecule has 6 N–H and O–H groups in total. The highest BCUT2D eigenvalue weighted by Crippen LogP contribution is 1.86. The van der Waals surface area contributed by atoms with E-state index in [0.717, 1.165) is 13.1 Å². The van der Waals surface area contributed by atoms with Crippen LogP contribution in [0.15, 0.2) is 0 Å². The molecule has 0 amide bonds. The van der Waals surface area contributed by atoms with Gasteiger partial charge in [-0.25, -0.2) is 0 Å². The summed E-state index contributed by atoms with van der Waals surface area (Å²) in [6, 6.07) is -1.29. The zero-order valence-electron chi connectivity index (χ0n) is 9.01. The second kappa shape index (κ2) is 9.38. The summed E-state index contributed by atoms with van der Waals surface area (Å²) >= 11 is 0. The van der Waals surface area contributed by atoms with Crippen molar-refractivity contribution in [3.05, 3.63) is 0 Å². The Labute approximate surface area is 88.7 Å². The Morgan fingerprint density at radius 3 is 1.87 bits per heavy atom. The highest BCUT2D eigenvalue weighted by Gasteiger charge is 2.14. The highest BCUT2D eigenvalue weighted by molar-refractivity contribution is 5.80. The van der Waals surface area contributed by atoms with Gasteiger partial charge in [-0.1, -0.05) is 0 Å². The molecule has 0 saturated heterocycles. The number of nitrogens with two attached hydrogens (primary N) is 2. The molecule has 0 radical (unpaired) electrons. The maximum atomic E-state index is 9.85. The Balaban J connectivity index is 0. The molecule has 0 spiro atoms. The van der Waals surface area contributed by atoms with E-state index in [2.05, 4.69) is 4.90 Å². The molecular formula is C8H19N3O4. The van der Waals surface area contributed by atoms with E-state index in [0.29, 0.717) is 0 Å². The number of carboxylic acid groups (broad SMARTS) is 2. The third-order valence-electron chi connectivity index (χ3n) is 1.29. The quantitative estimate of drug-likeness (QED) is 0.439. The number of hydrogen-bond acceptors (Lipinski definition) is 5. The first kappa shape index (κ1) is 16.3. The average Bonchev–Trinajstić information content (AvgIpc) is 2.03. The van der Waals surface area contributed by atoms with Crippen molar-refractivity contribution >= 4 is 11.9 Å². The molecule has 0 bridgehead atoms. The molecule has 90 valence electrons. The minimum atomic E-state index is -1.29. The monoisotopic (exact) mass is 221 g/mol.